The zero-order chi connectivity index (χ0) is 21.6. The van der Waals surface area contributed by atoms with Gasteiger partial charge in [-0.3, -0.25) is 4.79 Å². The van der Waals surface area contributed by atoms with Crippen molar-refractivity contribution in [2.75, 3.05) is 17.9 Å². The van der Waals surface area contributed by atoms with Crippen molar-refractivity contribution in [1.29, 1.82) is 0 Å². The van der Waals surface area contributed by atoms with Gasteiger partial charge in [0.25, 0.3) is 0 Å². The van der Waals surface area contributed by atoms with Gasteiger partial charge in [0.2, 0.25) is 12.7 Å². The van der Waals surface area contributed by atoms with Crippen LogP contribution in [0.25, 0.3) is 0 Å². The van der Waals surface area contributed by atoms with Gasteiger partial charge in [-0.15, -0.1) is 11.8 Å². The van der Waals surface area contributed by atoms with Gasteiger partial charge in [-0.2, -0.15) is 0 Å². The van der Waals surface area contributed by atoms with Crippen LogP contribution in [-0.2, 0) is 16.1 Å². The summed E-state index contributed by atoms with van der Waals surface area (Å²) >= 11 is 1.21. The van der Waals surface area contributed by atoms with Crippen molar-refractivity contribution in [2.45, 2.75) is 11.5 Å². The number of ether oxygens (including phenoxy) is 3. The number of rotatable bonds is 7. The zero-order valence-corrected chi connectivity index (χ0v) is 17.1. The first kappa shape index (κ1) is 20.7. The highest BCUT2D eigenvalue weighted by molar-refractivity contribution is 8.00. The number of halogens is 1. The van der Waals surface area contributed by atoms with E-state index in [2.05, 4.69) is 5.32 Å². The molecular formula is C23H18FNO5S. The Morgan fingerprint density at radius 3 is 2.65 bits per heavy atom. The summed E-state index contributed by atoms with van der Waals surface area (Å²) in [6, 6.07) is 18.1. The molecule has 0 atom stereocenters. The van der Waals surface area contributed by atoms with E-state index in [1.165, 1.54) is 17.8 Å². The lowest BCUT2D eigenvalue weighted by molar-refractivity contribution is -0.113. The average Bonchev–Trinajstić information content (AvgIpc) is 3.25. The van der Waals surface area contributed by atoms with Crippen molar-refractivity contribution in [1.82, 2.24) is 0 Å². The largest absolute Gasteiger partial charge is 0.457 e. The molecule has 0 aliphatic carbocycles. The van der Waals surface area contributed by atoms with Gasteiger partial charge in [0, 0.05) is 22.2 Å². The average molecular weight is 439 g/mol. The summed E-state index contributed by atoms with van der Waals surface area (Å²) in [6.07, 6.45) is 0. The Bertz CT molecular complexity index is 1120. The fourth-order valence-electron chi connectivity index (χ4n) is 2.91. The Morgan fingerprint density at radius 1 is 1.00 bits per heavy atom. The number of nitrogens with one attached hydrogen (secondary N) is 1. The maximum atomic E-state index is 13.7. The van der Waals surface area contributed by atoms with Gasteiger partial charge in [0.15, 0.2) is 11.5 Å². The molecule has 0 bridgehead atoms. The Balaban J connectivity index is 1.35. The molecule has 31 heavy (non-hydrogen) atoms. The second-order valence-corrected chi connectivity index (χ2v) is 7.59. The Kier molecular flexibility index (Phi) is 6.37. The van der Waals surface area contributed by atoms with Crippen LogP contribution in [0.5, 0.6) is 11.5 Å². The molecular weight excluding hydrogens is 421 g/mol. The minimum absolute atomic E-state index is 0.0893. The predicted molar refractivity (Wildman–Crippen MR) is 114 cm³/mol. The number of esters is 1. The molecule has 4 rings (SSSR count). The molecule has 0 radical (unpaired) electrons. The minimum Gasteiger partial charge on any atom is -0.457 e. The lowest BCUT2D eigenvalue weighted by atomic mass is 10.2. The molecule has 3 aromatic carbocycles. The van der Waals surface area contributed by atoms with Crippen LogP contribution >= 0.6 is 11.8 Å². The lowest BCUT2D eigenvalue weighted by Gasteiger charge is -2.10. The highest BCUT2D eigenvalue weighted by Crippen LogP contribution is 2.34. The monoisotopic (exact) mass is 439 g/mol. The molecule has 6 nitrogen and oxygen atoms in total. The first-order valence-corrected chi connectivity index (χ1v) is 10.4. The van der Waals surface area contributed by atoms with Crippen molar-refractivity contribution < 1.29 is 28.2 Å². The van der Waals surface area contributed by atoms with E-state index in [4.69, 9.17) is 14.2 Å². The standard InChI is InChI=1S/C23H18FNO5S/c24-18-7-3-1-5-15(18)12-28-23(27)17-6-2-4-8-21(17)31-13-22(26)25-16-9-10-19-20(11-16)30-14-29-19/h1-11H,12-14H2,(H,25,26). The Morgan fingerprint density at radius 2 is 1.77 bits per heavy atom. The highest BCUT2D eigenvalue weighted by Gasteiger charge is 2.17. The van der Waals surface area contributed by atoms with E-state index < -0.39 is 11.8 Å². The number of hydrogen-bond donors (Lipinski definition) is 1. The third-order valence-electron chi connectivity index (χ3n) is 4.44. The number of amides is 1. The maximum Gasteiger partial charge on any atom is 0.339 e. The van der Waals surface area contributed by atoms with Crippen molar-refractivity contribution in [3.05, 3.63) is 83.7 Å². The summed E-state index contributed by atoms with van der Waals surface area (Å²) < 4.78 is 29.5. The number of benzene rings is 3. The normalized spacial score (nSPS) is 11.8. The zero-order valence-electron chi connectivity index (χ0n) is 16.3. The third-order valence-corrected chi connectivity index (χ3v) is 5.51. The SMILES string of the molecule is O=C(CSc1ccccc1C(=O)OCc1ccccc1F)Nc1ccc2c(c1)OCO2. The van der Waals surface area contributed by atoms with Crippen molar-refractivity contribution in [2.24, 2.45) is 0 Å². The van der Waals surface area contributed by atoms with E-state index in [0.717, 1.165) is 0 Å². The van der Waals surface area contributed by atoms with Crippen molar-refractivity contribution in [3.63, 3.8) is 0 Å². The van der Waals surface area contributed by atoms with E-state index in [-0.39, 0.29) is 25.1 Å². The number of hydrogen-bond acceptors (Lipinski definition) is 6. The molecule has 1 aliphatic heterocycles. The molecule has 0 fully saturated rings. The Labute approximate surface area is 182 Å². The summed E-state index contributed by atoms with van der Waals surface area (Å²) in [5.41, 5.74) is 1.20. The molecule has 1 amide bonds. The molecule has 0 saturated carbocycles. The van der Waals surface area contributed by atoms with Crippen LogP contribution in [0, 0.1) is 5.82 Å². The first-order chi connectivity index (χ1) is 15.1. The number of fused-ring (bicyclic) bond motifs is 1. The fraction of sp³-hybridized carbons (Fsp3) is 0.130. The fourth-order valence-corrected chi connectivity index (χ4v) is 3.75. The van der Waals surface area contributed by atoms with E-state index in [1.54, 1.807) is 60.7 Å². The van der Waals surface area contributed by atoms with E-state index in [1.807, 2.05) is 0 Å². The van der Waals surface area contributed by atoms with E-state index in [0.29, 0.717) is 33.2 Å². The lowest BCUT2D eigenvalue weighted by Crippen LogP contribution is -2.14. The molecule has 3 aromatic rings. The van der Waals surface area contributed by atoms with Crippen molar-refractivity contribution >= 4 is 29.3 Å². The first-order valence-electron chi connectivity index (χ1n) is 9.42. The van der Waals surface area contributed by atoms with Crippen LogP contribution in [0.2, 0.25) is 0 Å². The van der Waals surface area contributed by atoms with Crippen LogP contribution in [-0.4, -0.2) is 24.4 Å². The molecule has 0 unspecified atom stereocenters. The quantitative estimate of drug-likeness (QED) is 0.427. The van der Waals surface area contributed by atoms with Gasteiger partial charge in [-0.25, -0.2) is 9.18 Å². The van der Waals surface area contributed by atoms with Crippen LogP contribution in [0.15, 0.2) is 71.6 Å². The molecule has 0 aromatic heterocycles. The molecule has 0 spiro atoms. The number of anilines is 1. The summed E-state index contributed by atoms with van der Waals surface area (Å²) in [5, 5.41) is 2.79. The molecule has 1 heterocycles. The van der Waals surface area contributed by atoms with Gasteiger partial charge in [-0.05, 0) is 30.3 Å². The smallest absolute Gasteiger partial charge is 0.339 e. The van der Waals surface area contributed by atoms with Gasteiger partial charge in [0.05, 0.1) is 11.3 Å². The summed E-state index contributed by atoms with van der Waals surface area (Å²) in [4.78, 5) is 25.5. The van der Waals surface area contributed by atoms with Crippen LogP contribution in [0.3, 0.4) is 0 Å². The van der Waals surface area contributed by atoms with Gasteiger partial charge >= 0.3 is 5.97 Å². The summed E-state index contributed by atoms with van der Waals surface area (Å²) in [5.74, 6) is 0.0501. The summed E-state index contributed by atoms with van der Waals surface area (Å²) in [6.45, 7) is -0.0124. The highest BCUT2D eigenvalue weighted by atomic mass is 32.2. The van der Waals surface area contributed by atoms with Gasteiger partial charge < -0.3 is 19.5 Å². The Hall–Kier alpha value is -3.52. The third kappa shape index (κ3) is 5.16. The summed E-state index contributed by atoms with van der Waals surface area (Å²) in [7, 11) is 0. The van der Waals surface area contributed by atoms with Crippen LogP contribution in [0.1, 0.15) is 15.9 Å². The molecule has 1 aliphatic rings. The second-order valence-electron chi connectivity index (χ2n) is 6.57. The van der Waals surface area contributed by atoms with Gasteiger partial charge in [0.1, 0.15) is 12.4 Å². The molecule has 158 valence electrons. The topological polar surface area (TPSA) is 73.9 Å². The van der Waals surface area contributed by atoms with Crippen LogP contribution in [0.4, 0.5) is 10.1 Å². The second kappa shape index (κ2) is 9.53. The van der Waals surface area contributed by atoms with Crippen molar-refractivity contribution in [3.8, 4) is 11.5 Å². The number of carbonyl (C=O) groups excluding carboxylic acids is 2. The van der Waals surface area contributed by atoms with E-state index >= 15 is 0 Å². The van der Waals surface area contributed by atoms with E-state index in [9.17, 15) is 14.0 Å². The maximum absolute atomic E-state index is 13.7. The minimum atomic E-state index is -0.581. The predicted octanol–water partition coefficient (Wildman–Crippen LogP) is 4.64. The van der Waals surface area contributed by atoms with Crippen LogP contribution < -0.4 is 14.8 Å². The molecule has 1 N–H and O–H groups in total. The van der Waals surface area contributed by atoms with Gasteiger partial charge in [-0.1, -0.05) is 30.3 Å². The number of carbonyl (C=O) groups is 2. The molecule has 8 heteroatoms. The number of thioether (sulfide) groups is 1. The molecule has 0 saturated heterocycles.